The van der Waals surface area contributed by atoms with E-state index in [0.717, 1.165) is 36.0 Å². The van der Waals surface area contributed by atoms with Crippen LogP contribution in [0.1, 0.15) is 13.8 Å². The van der Waals surface area contributed by atoms with E-state index in [1.165, 1.54) is 0 Å². The van der Waals surface area contributed by atoms with Gasteiger partial charge in [-0.2, -0.15) is 0 Å². The number of anilines is 2. The number of urea groups is 1. The second kappa shape index (κ2) is 8.66. The number of hydrogen-bond acceptors (Lipinski definition) is 4. The molecule has 0 aromatic heterocycles. The Hall–Kier alpha value is -2.89. The van der Waals surface area contributed by atoms with Gasteiger partial charge in [-0.25, -0.2) is 4.79 Å². The van der Waals surface area contributed by atoms with Gasteiger partial charge in [-0.3, -0.25) is 0 Å². The normalized spacial score (nSPS) is 14.2. The van der Waals surface area contributed by atoms with Gasteiger partial charge in [0.05, 0.1) is 18.9 Å². The highest BCUT2D eigenvalue weighted by Gasteiger charge is 2.22. The maximum absolute atomic E-state index is 12.5. The lowest BCUT2D eigenvalue weighted by Gasteiger charge is -2.36. The number of methoxy groups -OCH3 is 1. The molecule has 1 saturated heterocycles. The van der Waals surface area contributed by atoms with Crippen molar-refractivity contribution in [1.82, 2.24) is 4.90 Å². The van der Waals surface area contributed by atoms with Crippen molar-refractivity contribution in [2.75, 3.05) is 43.5 Å². The van der Waals surface area contributed by atoms with E-state index in [1.54, 1.807) is 7.11 Å². The molecule has 1 aliphatic heterocycles. The van der Waals surface area contributed by atoms with Crippen molar-refractivity contribution in [1.29, 1.82) is 0 Å². The van der Waals surface area contributed by atoms with E-state index in [1.807, 2.05) is 61.2 Å². The molecular formula is C21H27N3O3. The molecule has 1 heterocycles. The monoisotopic (exact) mass is 369 g/mol. The predicted octanol–water partition coefficient (Wildman–Crippen LogP) is 3.84. The highest BCUT2D eigenvalue weighted by Crippen LogP contribution is 2.28. The number of nitrogens with one attached hydrogen (secondary N) is 1. The maximum atomic E-state index is 12.5. The third-order valence-corrected chi connectivity index (χ3v) is 4.47. The van der Waals surface area contributed by atoms with Crippen molar-refractivity contribution in [3.8, 4) is 11.5 Å². The second-order valence-corrected chi connectivity index (χ2v) is 6.77. The molecule has 27 heavy (non-hydrogen) atoms. The summed E-state index contributed by atoms with van der Waals surface area (Å²) in [6.45, 7) is 6.85. The fourth-order valence-corrected chi connectivity index (χ4v) is 3.13. The van der Waals surface area contributed by atoms with Gasteiger partial charge >= 0.3 is 6.03 Å². The van der Waals surface area contributed by atoms with Crippen LogP contribution in [0.25, 0.3) is 0 Å². The first-order chi connectivity index (χ1) is 13.1. The Morgan fingerprint density at radius 3 is 2.30 bits per heavy atom. The second-order valence-electron chi connectivity index (χ2n) is 6.77. The first kappa shape index (κ1) is 18.9. The molecule has 0 spiro atoms. The lowest BCUT2D eigenvalue weighted by Crippen LogP contribution is -2.50. The lowest BCUT2D eigenvalue weighted by molar-refractivity contribution is 0.208. The number of carbonyl (C=O) groups is 1. The molecule has 0 radical (unpaired) electrons. The molecule has 1 fully saturated rings. The SMILES string of the molecule is COc1ccccc1N1CCN(C(=O)Nc2ccc(OC(C)C)cc2)CC1. The molecule has 0 bridgehead atoms. The van der Waals surface area contributed by atoms with Crippen LogP contribution in [-0.2, 0) is 0 Å². The van der Waals surface area contributed by atoms with E-state index in [0.29, 0.717) is 13.1 Å². The van der Waals surface area contributed by atoms with E-state index in [2.05, 4.69) is 16.3 Å². The third-order valence-electron chi connectivity index (χ3n) is 4.47. The molecule has 144 valence electrons. The Bertz CT molecular complexity index is 754. The number of rotatable bonds is 5. The van der Waals surface area contributed by atoms with Gasteiger partial charge in [0.2, 0.25) is 0 Å². The zero-order valence-electron chi connectivity index (χ0n) is 16.1. The van der Waals surface area contributed by atoms with Crippen molar-refractivity contribution >= 4 is 17.4 Å². The molecule has 6 heteroatoms. The quantitative estimate of drug-likeness (QED) is 0.870. The predicted molar refractivity (Wildman–Crippen MR) is 108 cm³/mol. The minimum absolute atomic E-state index is 0.0767. The molecule has 2 aromatic rings. The molecule has 2 aromatic carbocycles. The molecule has 1 N–H and O–H groups in total. The van der Waals surface area contributed by atoms with Crippen LogP contribution >= 0.6 is 0 Å². The molecule has 0 aliphatic carbocycles. The van der Waals surface area contributed by atoms with Crippen LogP contribution < -0.4 is 19.7 Å². The van der Waals surface area contributed by atoms with Gasteiger partial charge in [0.25, 0.3) is 0 Å². The summed E-state index contributed by atoms with van der Waals surface area (Å²) in [6.07, 6.45) is 0.130. The first-order valence-corrected chi connectivity index (χ1v) is 9.27. The summed E-state index contributed by atoms with van der Waals surface area (Å²) in [5.41, 5.74) is 1.84. The van der Waals surface area contributed by atoms with Gasteiger partial charge < -0.3 is 24.6 Å². The van der Waals surface area contributed by atoms with Crippen LogP contribution in [0, 0.1) is 0 Å². The van der Waals surface area contributed by atoms with Crippen molar-refractivity contribution < 1.29 is 14.3 Å². The largest absolute Gasteiger partial charge is 0.495 e. The summed E-state index contributed by atoms with van der Waals surface area (Å²) in [6, 6.07) is 15.4. The number of amides is 2. The first-order valence-electron chi connectivity index (χ1n) is 9.27. The Balaban J connectivity index is 1.54. The highest BCUT2D eigenvalue weighted by molar-refractivity contribution is 5.89. The summed E-state index contributed by atoms with van der Waals surface area (Å²) >= 11 is 0. The summed E-state index contributed by atoms with van der Waals surface area (Å²) < 4.78 is 11.1. The van der Waals surface area contributed by atoms with E-state index >= 15 is 0 Å². The summed E-state index contributed by atoms with van der Waals surface area (Å²) in [4.78, 5) is 16.6. The minimum Gasteiger partial charge on any atom is -0.495 e. The van der Waals surface area contributed by atoms with Crippen molar-refractivity contribution in [2.45, 2.75) is 20.0 Å². The molecule has 6 nitrogen and oxygen atoms in total. The number of ether oxygens (including phenoxy) is 2. The van der Waals surface area contributed by atoms with E-state index in [9.17, 15) is 4.79 Å². The number of benzene rings is 2. The fraction of sp³-hybridized carbons (Fsp3) is 0.381. The smallest absolute Gasteiger partial charge is 0.321 e. The number of para-hydroxylation sites is 2. The Kier molecular flexibility index (Phi) is 6.06. The van der Waals surface area contributed by atoms with Gasteiger partial charge in [-0.15, -0.1) is 0 Å². The zero-order valence-corrected chi connectivity index (χ0v) is 16.1. The van der Waals surface area contributed by atoms with E-state index in [4.69, 9.17) is 9.47 Å². The number of piperazine rings is 1. The van der Waals surface area contributed by atoms with Crippen molar-refractivity contribution in [3.63, 3.8) is 0 Å². The molecule has 0 saturated carbocycles. The number of hydrogen-bond donors (Lipinski definition) is 1. The maximum Gasteiger partial charge on any atom is 0.321 e. The van der Waals surface area contributed by atoms with Crippen LogP contribution in [0.2, 0.25) is 0 Å². The average Bonchev–Trinajstić information content (AvgIpc) is 2.69. The Morgan fingerprint density at radius 1 is 1.00 bits per heavy atom. The number of carbonyl (C=O) groups excluding carboxylic acids is 1. The van der Waals surface area contributed by atoms with Crippen LogP contribution in [0.15, 0.2) is 48.5 Å². The van der Waals surface area contributed by atoms with Crippen LogP contribution in [0.5, 0.6) is 11.5 Å². The standard InChI is InChI=1S/C21H27N3O3/c1-16(2)27-18-10-8-17(9-11-18)22-21(25)24-14-12-23(13-15-24)19-6-4-5-7-20(19)26-3/h4-11,16H,12-15H2,1-3H3,(H,22,25). The topological polar surface area (TPSA) is 54.0 Å². The van der Waals surface area contributed by atoms with E-state index in [-0.39, 0.29) is 12.1 Å². The van der Waals surface area contributed by atoms with Gasteiger partial charge in [-0.05, 0) is 50.2 Å². The summed E-state index contributed by atoms with van der Waals surface area (Å²) in [5, 5.41) is 2.96. The van der Waals surface area contributed by atoms with E-state index < -0.39 is 0 Å². The van der Waals surface area contributed by atoms with Crippen LogP contribution in [0.4, 0.5) is 16.2 Å². The Labute approximate surface area is 160 Å². The summed E-state index contributed by atoms with van der Waals surface area (Å²) in [5.74, 6) is 1.66. The van der Waals surface area contributed by atoms with Crippen LogP contribution in [-0.4, -0.2) is 50.3 Å². The molecular weight excluding hydrogens is 342 g/mol. The molecule has 0 atom stereocenters. The van der Waals surface area contributed by atoms with Crippen molar-refractivity contribution in [3.05, 3.63) is 48.5 Å². The number of nitrogens with zero attached hydrogens (tertiary/aromatic N) is 2. The fourth-order valence-electron chi connectivity index (χ4n) is 3.13. The minimum atomic E-state index is -0.0767. The van der Waals surface area contributed by atoms with Crippen LogP contribution in [0.3, 0.4) is 0 Å². The summed E-state index contributed by atoms with van der Waals surface area (Å²) in [7, 11) is 1.68. The average molecular weight is 369 g/mol. The Morgan fingerprint density at radius 2 is 1.67 bits per heavy atom. The zero-order chi connectivity index (χ0) is 19.2. The highest BCUT2D eigenvalue weighted by atomic mass is 16.5. The van der Waals surface area contributed by atoms with Gasteiger partial charge in [0.1, 0.15) is 11.5 Å². The van der Waals surface area contributed by atoms with Gasteiger partial charge in [0.15, 0.2) is 0 Å². The lowest BCUT2D eigenvalue weighted by atomic mass is 10.2. The third kappa shape index (κ3) is 4.84. The van der Waals surface area contributed by atoms with Gasteiger partial charge in [0, 0.05) is 31.9 Å². The van der Waals surface area contributed by atoms with Gasteiger partial charge in [-0.1, -0.05) is 12.1 Å². The molecule has 3 rings (SSSR count). The molecule has 2 amide bonds. The molecule has 0 unspecified atom stereocenters. The molecule has 1 aliphatic rings. The van der Waals surface area contributed by atoms with Crippen molar-refractivity contribution in [2.24, 2.45) is 0 Å².